The van der Waals surface area contributed by atoms with Crippen LogP contribution in [0.4, 0.5) is 13.2 Å². The van der Waals surface area contributed by atoms with Gasteiger partial charge in [-0.2, -0.15) is 18.3 Å². The fourth-order valence-corrected chi connectivity index (χ4v) is 3.75. The van der Waals surface area contributed by atoms with E-state index in [1.807, 2.05) is 19.1 Å². The van der Waals surface area contributed by atoms with Crippen LogP contribution in [0, 0.1) is 0 Å². The van der Waals surface area contributed by atoms with E-state index in [1.165, 1.54) is 28.9 Å². The first kappa shape index (κ1) is 21.5. The second kappa shape index (κ2) is 8.42. The minimum atomic E-state index is -4.54. The van der Waals surface area contributed by atoms with Gasteiger partial charge in [-0.3, -0.25) is 0 Å². The summed E-state index contributed by atoms with van der Waals surface area (Å²) in [5, 5.41) is 14.3. The normalized spacial score (nSPS) is 11.5. The predicted octanol–water partition coefficient (Wildman–Crippen LogP) is 6.50. The van der Waals surface area contributed by atoms with Gasteiger partial charge in [0, 0.05) is 16.7 Å². The van der Waals surface area contributed by atoms with Crippen molar-refractivity contribution in [1.82, 2.24) is 9.78 Å². The third-order valence-electron chi connectivity index (χ3n) is 5.28. The molecule has 4 aromatic rings. The minimum Gasteiger partial charge on any atom is -0.508 e. The van der Waals surface area contributed by atoms with Crippen LogP contribution in [0.3, 0.4) is 0 Å². The number of para-hydroxylation sites is 1. The molecule has 0 radical (unpaired) electrons. The second-order valence-electron chi connectivity index (χ2n) is 7.23. The molecule has 7 heteroatoms. The molecule has 0 atom stereocenters. The lowest BCUT2D eigenvalue weighted by atomic mass is 9.99. The molecule has 0 saturated carbocycles. The van der Waals surface area contributed by atoms with Crippen molar-refractivity contribution in [2.75, 3.05) is 7.11 Å². The van der Waals surface area contributed by atoms with Gasteiger partial charge in [0.15, 0.2) is 0 Å². The lowest BCUT2D eigenvalue weighted by molar-refractivity contribution is -0.137. The van der Waals surface area contributed by atoms with Crippen LogP contribution in [0.1, 0.15) is 18.1 Å². The van der Waals surface area contributed by atoms with Gasteiger partial charge in [-0.25, -0.2) is 4.68 Å². The van der Waals surface area contributed by atoms with Crippen molar-refractivity contribution in [3.05, 3.63) is 83.9 Å². The molecular weight excluding hydrogens is 417 g/mol. The van der Waals surface area contributed by atoms with Gasteiger partial charge >= 0.3 is 6.18 Å². The average Bonchev–Trinajstić information content (AvgIpc) is 3.18. The first-order valence-corrected chi connectivity index (χ1v) is 10.1. The highest BCUT2D eigenvalue weighted by Gasteiger charge is 2.35. The summed E-state index contributed by atoms with van der Waals surface area (Å²) in [5.74, 6) is 0.747. The van der Waals surface area contributed by atoms with Crippen molar-refractivity contribution in [3.63, 3.8) is 0 Å². The Labute approximate surface area is 183 Å². The summed E-state index contributed by atoms with van der Waals surface area (Å²) in [6, 6.07) is 19.0. The van der Waals surface area contributed by atoms with Gasteiger partial charge in [-0.15, -0.1) is 0 Å². The SMILES string of the molecule is CCc1c(-c2ccc(O)cc2)nn(-c2ccccc2C(F)(F)F)c1-c1ccc(OC)cc1. The Bertz CT molecular complexity index is 1230. The van der Waals surface area contributed by atoms with Gasteiger partial charge in [-0.1, -0.05) is 19.1 Å². The smallest absolute Gasteiger partial charge is 0.418 e. The predicted molar refractivity (Wildman–Crippen MR) is 117 cm³/mol. The molecule has 0 spiro atoms. The topological polar surface area (TPSA) is 47.3 Å². The minimum absolute atomic E-state index is 0.0504. The molecule has 0 amide bonds. The number of hydrogen-bond acceptors (Lipinski definition) is 3. The van der Waals surface area contributed by atoms with Crippen LogP contribution in [-0.2, 0) is 12.6 Å². The number of aromatic hydroxyl groups is 1. The van der Waals surface area contributed by atoms with E-state index in [9.17, 15) is 18.3 Å². The van der Waals surface area contributed by atoms with Gasteiger partial charge in [0.05, 0.1) is 29.7 Å². The van der Waals surface area contributed by atoms with Crippen molar-refractivity contribution >= 4 is 0 Å². The van der Waals surface area contributed by atoms with E-state index < -0.39 is 11.7 Å². The number of phenols is 1. The number of rotatable bonds is 5. The highest BCUT2D eigenvalue weighted by atomic mass is 19.4. The standard InChI is InChI=1S/C25H21F3N2O2/c1-3-20-23(16-8-12-18(31)13-9-16)29-30(22-7-5-4-6-21(22)25(26,27)28)24(20)17-10-14-19(32-2)15-11-17/h4-15,31H,3H2,1-2H3. The maximum absolute atomic E-state index is 13.8. The number of benzene rings is 3. The van der Waals surface area contributed by atoms with E-state index in [2.05, 4.69) is 5.10 Å². The van der Waals surface area contributed by atoms with E-state index in [-0.39, 0.29) is 11.4 Å². The summed E-state index contributed by atoms with van der Waals surface area (Å²) >= 11 is 0. The number of aromatic nitrogens is 2. The Hall–Kier alpha value is -3.74. The molecule has 0 aliphatic carbocycles. The molecule has 0 bridgehead atoms. The highest BCUT2D eigenvalue weighted by Crippen LogP contribution is 2.39. The molecule has 0 saturated heterocycles. The zero-order chi connectivity index (χ0) is 22.9. The number of nitrogens with zero attached hydrogens (tertiary/aromatic N) is 2. The number of phenolic OH excluding ortho intramolecular Hbond substituents is 1. The van der Waals surface area contributed by atoms with Crippen molar-refractivity contribution in [3.8, 4) is 39.7 Å². The van der Waals surface area contributed by atoms with Gasteiger partial charge in [0.1, 0.15) is 11.5 Å². The quantitative estimate of drug-likeness (QED) is 0.387. The molecule has 4 nitrogen and oxygen atoms in total. The van der Waals surface area contributed by atoms with Crippen LogP contribution in [-0.4, -0.2) is 22.0 Å². The van der Waals surface area contributed by atoms with E-state index >= 15 is 0 Å². The molecule has 1 aromatic heterocycles. The van der Waals surface area contributed by atoms with E-state index in [0.717, 1.165) is 17.2 Å². The molecule has 4 rings (SSSR count). The van der Waals surface area contributed by atoms with Crippen molar-refractivity contribution in [2.24, 2.45) is 0 Å². The molecule has 0 aliphatic heterocycles. The summed E-state index contributed by atoms with van der Waals surface area (Å²) in [5.41, 5.74) is 2.56. The van der Waals surface area contributed by atoms with Gasteiger partial charge < -0.3 is 9.84 Å². The Morgan fingerprint density at radius 1 is 0.906 bits per heavy atom. The van der Waals surface area contributed by atoms with Crippen LogP contribution >= 0.6 is 0 Å². The molecule has 164 valence electrons. The monoisotopic (exact) mass is 438 g/mol. The third-order valence-corrected chi connectivity index (χ3v) is 5.28. The van der Waals surface area contributed by atoms with Crippen molar-refractivity contribution < 1.29 is 23.0 Å². The Morgan fingerprint density at radius 3 is 2.12 bits per heavy atom. The largest absolute Gasteiger partial charge is 0.508 e. The third kappa shape index (κ3) is 3.93. The van der Waals surface area contributed by atoms with Crippen LogP contribution < -0.4 is 4.74 Å². The Kier molecular flexibility index (Phi) is 5.65. The van der Waals surface area contributed by atoms with E-state index in [0.29, 0.717) is 29.1 Å². The molecule has 0 aliphatic rings. The molecule has 1 heterocycles. The van der Waals surface area contributed by atoms with Gasteiger partial charge in [-0.05, 0) is 67.1 Å². The zero-order valence-electron chi connectivity index (χ0n) is 17.5. The number of hydrogen-bond donors (Lipinski definition) is 1. The summed E-state index contributed by atoms with van der Waals surface area (Å²) in [4.78, 5) is 0. The van der Waals surface area contributed by atoms with Gasteiger partial charge in [0.25, 0.3) is 0 Å². The summed E-state index contributed by atoms with van der Waals surface area (Å²) < 4.78 is 48.1. The summed E-state index contributed by atoms with van der Waals surface area (Å²) in [7, 11) is 1.55. The summed E-state index contributed by atoms with van der Waals surface area (Å²) in [6.07, 6.45) is -3.99. The lowest BCUT2D eigenvalue weighted by Crippen LogP contribution is -2.12. The molecule has 0 unspecified atom stereocenters. The van der Waals surface area contributed by atoms with Crippen molar-refractivity contribution in [1.29, 1.82) is 0 Å². The Morgan fingerprint density at radius 2 is 1.53 bits per heavy atom. The number of halogens is 3. The van der Waals surface area contributed by atoms with Gasteiger partial charge in [0.2, 0.25) is 0 Å². The summed E-state index contributed by atoms with van der Waals surface area (Å²) in [6.45, 7) is 1.94. The number of alkyl halides is 3. The van der Waals surface area contributed by atoms with Crippen LogP contribution in [0.15, 0.2) is 72.8 Å². The lowest BCUT2D eigenvalue weighted by Gasteiger charge is -2.15. The molecule has 3 aromatic carbocycles. The molecule has 32 heavy (non-hydrogen) atoms. The number of ether oxygens (including phenoxy) is 1. The second-order valence-corrected chi connectivity index (χ2v) is 7.23. The van der Waals surface area contributed by atoms with Crippen LogP contribution in [0.25, 0.3) is 28.2 Å². The highest BCUT2D eigenvalue weighted by molar-refractivity contribution is 5.77. The number of methoxy groups -OCH3 is 1. The van der Waals surface area contributed by atoms with E-state index in [1.54, 1.807) is 37.4 Å². The maximum atomic E-state index is 13.8. The molecule has 1 N–H and O–H groups in total. The fourth-order valence-electron chi connectivity index (χ4n) is 3.75. The first-order chi connectivity index (χ1) is 15.3. The average molecular weight is 438 g/mol. The molecule has 0 fully saturated rings. The van der Waals surface area contributed by atoms with Crippen molar-refractivity contribution in [2.45, 2.75) is 19.5 Å². The van der Waals surface area contributed by atoms with Crippen LogP contribution in [0.2, 0.25) is 0 Å². The first-order valence-electron chi connectivity index (χ1n) is 10.1. The van der Waals surface area contributed by atoms with E-state index in [4.69, 9.17) is 4.74 Å². The van der Waals surface area contributed by atoms with Crippen LogP contribution in [0.5, 0.6) is 11.5 Å². The maximum Gasteiger partial charge on any atom is 0.418 e. The Balaban J connectivity index is 2.03. The fraction of sp³-hybridized carbons (Fsp3) is 0.160. The zero-order valence-corrected chi connectivity index (χ0v) is 17.5. The molecular formula is C25H21F3N2O2.